The average molecular weight is 321 g/mol. The van der Waals surface area contributed by atoms with Gasteiger partial charge in [-0.3, -0.25) is 0 Å². The molecule has 128 valence electrons. The van der Waals surface area contributed by atoms with Gasteiger partial charge in [-0.25, -0.2) is 0 Å². The topological polar surface area (TPSA) is 0 Å². The van der Waals surface area contributed by atoms with Crippen LogP contribution in [-0.2, 0) is 6.42 Å². The zero-order valence-corrected chi connectivity index (χ0v) is 15.5. The molecule has 0 heterocycles. The molecule has 2 aromatic carbocycles. The van der Waals surface area contributed by atoms with Gasteiger partial charge in [0, 0.05) is 0 Å². The van der Waals surface area contributed by atoms with Crippen molar-refractivity contribution >= 4 is 16.3 Å². The van der Waals surface area contributed by atoms with Crippen molar-refractivity contribution in [3.8, 4) is 0 Å². The van der Waals surface area contributed by atoms with E-state index >= 15 is 0 Å². The molecule has 0 N–H and O–H groups in total. The summed E-state index contributed by atoms with van der Waals surface area (Å²) in [4.78, 5) is 0. The monoisotopic (exact) mass is 320 g/mol. The van der Waals surface area contributed by atoms with Crippen LogP contribution < -0.4 is 0 Å². The molecule has 0 aromatic heterocycles. The van der Waals surface area contributed by atoms with Crippen molar-refractivity contribution in [2.45, 2.75) is 71.6 Å². The number of benzene rings is 2. The van der Waals surface area contributed by atoms with Crippen LogP contribution in [-0.4, -0.2) is 0 Å². The Hall–Kier alpha value is -1.56. The highest BCUT2D eigenvalue weighted by Crippen LogP contribution is 2.33. The second-order valence-electron chi connectivity index (χ2n) is 7.51. The highest BCUT2D eigenvalue weighted by Gasteiger charge is 2.15. The van der Waals surface area contributed by atoms with Crippen LogP contribution >= 0.6 is 0 Å². The normalized spacial score (nSPS) is 17.9. The molecule has 3 rings (SSSR count). The first-order valence-corrected chi connectivity index (χ1v) is 10.0. The summed E-state index contributed by atoms with van der Waals surface area (Å²) in [5, 5.41) is 2.78. The van der Waals surface area contributed by atoms with Crippen LogP contribution in [0, 0.1) is 5.92 Å². The van der Waals surface area contributed by atoms with Gasteiger partial charge in [-0.2, -0.15) is 0 Å². The zero-order valence-electron chi connectivity index (χ0n) is 15.5. The highest BCUT2D eigenvalue weighted by molar-refractivity contribution is 5.87. The molecule has 0 amide bonds. The van der Waals surface area contributed by atoms with E-state index in [4.69, 9.17) is 0 Å². The van der Waals surface area contributed by atoms with Crippen molar-refractivity contribution in [2.24, 2.45) is 5.92 Å². The maximum absolute atomic E-state index is 2.51. The Morgan fingerprint density at radius 1 is 0.917 bits per heavy atom. The molecule has 0 bridgehead atoms. The largest absolute Gasteiger partial charge is 0.0804 e. The zero-order chi connectivity index (χ0) is 16.8. The number of allylic oxidation sites excluding steroid dienone is 2. The Balaban J connectivity index is 1.73. The van der Waals surface area contributed by atoms with E-state index in [2.05, 4.69) is 56.3 Å². The summed E-state index contributed by atoms with van der Waals surface area (Å²) in [6.45, 7) is 4.56. The molecule has 24 heavy (non-hydrogen) atoms. The number of unbranched alkanes of at least 4 members (excludes halogenated alkanes) is 2. The predicted molar refractivity (Wildman–Crippen MR) is 107 cm³/mol. The predicted octanol–water partition coefficient (Wildman–Crippen LogP) is 7.56. The molecule has 0 saturated carbocycles. The molecule has 0 aliphatic heterocycles. The smallest absolute Gasteiger partial charge is 0.0178 e. The second kappa shape index (κ2) is 8.51. The van der Waals surface area contributed by atoms with Gasteiger partial charge < -0.3 is 0 Å². The van der Waals surface area contributed by atoms with Gasteiger partial charge >= 0.3 is 0 Å². The lowest BCUT2D eigenvalue weighted by Crippen LogP contribution is -2.05. The van der Waals surface area contributed by atoms with Gasteiger partial charge in [0.15, 0.2) is 0 Å². The van der Waals surface area contributed by atoms with Crippen molar-refractivity contribution in [1.82, 2.24) is 0 Å². The second-order valence-corrected chi connectivity index (χ2v) is 7.51. The first-order chi connectivity index (χ1) is 11.8. The quantitative estimate of drug-likeness (QED) is 0.494. The van der Waals surface area contributed by atoms with Crippen LogP contribution in [0.3, 0.4) is 0 Å². The van der Waals surface area contributed by atoms with E-state index < -0.39 is 0 Å². The third kappa shape index (κ3) is 4.29. The van der Waals surface area contributed by atoms with Gasteiger partial charge in [0.2, 0.25) is 0 Å². The Kier molecular flexibility index (Phi) is 6.12. The van der Waals surface area contributed by atoms with Crippen molar-refractivity contribution in [3.63, 3.8) is 0 Å². The van der Waals surface area contributed by atoms with Gasteiger partial charge in [-0.15, -0.1) is 0 Å². The molecular weight excluding hydrogens is 288 g/mol. The molecule has 2 aromatic rings. The molecule has 1 unspecified atom stereocenters. The molecule has 1 atom stereocenters. The molecule has 0 nitrogen and oxygen atoms in total. The van der Waals surface area contributed by atoms with Crippen LogP contribution in [0.15, 0.2) is 42.5 Å². The Bertz CT molecular complexity index is 692. The minimum Gasteiger partial charge on any atom is -0.0804 e. The number of rotatable bonds is 7. The van der Waals surface area contributed by atoms with E-state index in [1.807, 2.05) is 0 Å². The van der Waals surface area contributed by atoms with Crippen LogP contribution in [0.25, 0.3) is 16.3 Å². The Morgan fingerprint density at radius 3 is 2.46 bits per heavy atom. The first kappa shape index (κ1) is 17.3. The summed E-state index contributed by atoms with van der Waals surface area (Å²) >= 11 is 0. The summed E-state index contributed by atoms with van der Waals surface area (Å²) in [6.07, 6.45) is 14.3. The van der Waals surface area contributed by atoms with E-state index in [0.717, 1.165) is 5.92 Å². The van der Waals surface area contributed by atoms with Gasteiger partial charge in [0.1, 0.15) is 0 Å². The van der Waals surface area contributed by atoms with Crippen LogP contribution in [0.5, 0.6) is 0 Å². The maximum Gasteiger partial charge on any atom is -0.0178 e. The fraction of sp³-hybridized carbons (Fsp3) is 0.500. The molecule has 0 spiro atoms. The van der Waals surface area contributed by atoms with Crippen LogP contribution in [0.2, 0.25) is 0 Å². The molecule has 0 radical (unpaired) electrons. The molecule has 1 aliphatic carbocycles. The van der Waals surface area contributed by atoms with Crippen molar-refractivity contribution < 1.29 is 0 Å². The number of aryl methyl sites for hydroxylation is 1. The summed E-state index contributed by atoms with van der Waals surface area (Å²) in [5.41, 5.74) is 4.49. The third-order valence-corrected chi connectivity index (χ3v) is 5.58. The average Bonchev–Trinajstić information content (AvgIpc) is 2.64. The summed E-state index contributed by atoms with van der Waals surface area (Å²) in [5.74, 6) is 0.926. The van der Waals surface area contributed by atoms with Gasteiger partial charge in [-0.1, -0.05) is 75.9 Å². The third-order valence-electron chi connectivity index (χ3n) is 5.58. The summed E-state index contributed by atoms with van der Waals surface area (Å²) < 4.78 is 0. The fourth-order valence-corrected chi connectivity index (χ4v) is 3.94. The van der Waals surface area contributed by atoms with Gasteiger partial charge in [0.25, 0.3) is 0 Å². The van der Waals surface area contributed by atoms with Gasteiger partial charge in [-0.05, 0) is 71.6 Å². The summed E-state index contributed by atoms with van der Waals surface area (Å²) in [7, 11) is 0. The molecule has 0 saturated heterocycles. The Morgan fingerprint density at radius 2 is 1.71 bits per heavy atom. The lowest BCUT2D eigenvalue weighted by Gasteiger charge is -2.22. The lowest BCUT2D eigenvalue weighted by molar-refractivity contribution is 0.434. The van der Waals surface area contributed by atoms with E-state index in [0.29, 0.717) is 0 Å². The van der Waals surface area contributed by atoms with E-state index in [-0.39, 0.29) is 0 Å². The minimum atomic E-state index is 0.926. The summed E-state index contributed by atoms with van der Waals surface area (Å²) in [6, 6.07) is 14.1. The van der Waals surface area contributed by atoms with E-state index in [9.17, 15) is 0 Å². The van der Waals surface area contributed by atoms with Gasteiger partial charge in [0.05, 0.1) is 0 Å². The molecular formula is C24H32. The molecule has 1 aliphatic rings. The molecule has 0 heteroatoms. The number of hydrogen-bond acceptors (Lipinski definition) is 0. The van der Waals surface area contributed by atoms with Crippen LogP contribution in [0.1, 0.15) is 76.3 Å². The van der Waals surface area contributed by atoms with Crippen LogP contribution in [0.4, 0.5) is 0 Å². The highest BCUT2D eigenvalue weighted by atomic mass is 14.2. The van der Waals surface area contributed by atoms with E-state index in [1.54, 1.807) is 5.57 Å². The Labute approximate surface area is 148 Å². The van der Waals surface area contributed by atoms with Crippen molar-refractivity contribution in [2.75, 3.05) is 0 Å². The van der Waals surface area contributed by atoms with E-state index in [1.165, 1.54) is 79.7 Å². The minimum absolute atomic E-state index is 0.926. The lowest BCUT2D eigenvalue weighted by atomic mass is 9.83. The number of fused-ring (bicyclic) bond motifs is 1. The maximum atomic E-state index is 2.51. The van der Waals surface area contributed by atoms with Crippen molar-refractivity contribution in [3.05, 3.63) is 53.6 Å². The van der Waals surface area contributed by atoms with Crippen molar-refractivity contribution in [1.29, 1.82) is 0 Å². The standard InChI is InChI=1S/C24H32/c1-3-5-7-19-9-12-21(13-10-19)23-16-15-22-17-20(8-6-4-2)11-14-24(22)18-23/h11-12,14-19H,3-10,13H2,1-2H3. The fourth-order valence-electron chi connectivity index (χ4n) is 3.94. The SMILES string of the molecule is CCCCc1ccc2cc(C3=CCC(CCCC)CC3)ccc2c1. The number of hydrogen-bond donors (Lipinski definition) is 0. The molecule has 0 fully saturated rings. The first-order valence-electron chi connectivity index (χ1n) is 10.0.